The van der Waals surface area contributed by atoms with Crippen molar-refractivity contribution in [3.8, 4) is 0 Å². The molecule has 0 spiro atoms. The van der Waals surface area contributed by atoms with E-state index in [0.717, 1.165) is 63.5 Å². The lowest BCUT2D eigenvalue weighted by Gasteiger charge is -2.30. The van der Waals surface area contributed by atoms with Crippen molar-refractivity contribution in [1.82, 2.24) is 15.8 Å². The van der Waals surface area contributed by atoms with Crippen molar-refractivity contribution in [3.05, 3.63) is 17.5 Å². The summed E-state index contributed by atoms with van der Waals surface area (Å²) in [4.78, 5) is 24.6. The van der Waals surface area contributed by atoms with Gasteiger partial charge in [-0.1, -0.05) is 5.16 Å². The van der Waals surface area contributed by atoms with Gasteiger partial charge in [0.25, 0.3) is 5.91 Å². The van der Waals surface area contributed by atoms with Gasteiger partial charge in [-0.05, 0) is 57.8 Å². The number of carbonyl (C=O) groups is 2. The second kappa shape index (κ2) is 7.39. The summed E-state index contributed by atoms with van der Waals surface area (Å²) in [6, 6.07) is 2.29. The summed E-state index contributed by atoms with van der Waals surface area (Å²) in [7, 11) is 0. The van der Waals surface area contributed by atoms with Crippen LogP contribution in [0.2, 0.25) is 0 Å². The predicted molar refractivity (Wildman–Crippen MR) is 95.4 cm³/mol. The number of amides is 2. The molecule has 4 N–H and O–H groups in total. The largest absolute Gasteiger partial charge is 0.360 e. The van der Waals surface area contributed by atoms with Crippen LogP contribution in [0.25, 0.3) is 0 Å². The molecule has 2 atom stereocenters. The summed E-state index contributed by atoms with van der Waals surface area (Å²) >= 11 is 0. The van der Waals surface area contributed by atoms with E-state index in [4.69, 9.17) is 10.3 Å². The average Bonchev–Trinajstić information content (AvgIpc) is 3.19. The summed E-state index contributed by atoms with van der Waals surface area (Å²) in [5, 5.41) is 10.1. The van der Waals surface area contributed by atoms with E-state index in [1.807, 2.05) is 0 Å². The number of carbonyl (C=O) groups excluding carboxylic acids is 2. The highest BCUT2D eigenvalue weighted by Crippen LogP contribution is 2.40. The summed E-state index contributed by atoms with van der Waals surface area (Å²) in [5.41, 5.74) is 6.27. The smallest absolute Gasteiger partial charge is 0.273 e. The molecule has 4 rings (SSSR count). The number of hydrogen-bond donors (Lipinski definition) is 3. The molecular formula is C19H28N4O3. The molecule has 3 aliphatic carbocycles. The molecule has 7 nitrogen and oxygen atoms in total. The molecule has 0 unspecified atom stereocenters. The van der Waals surface area contributed by atoms with E-state index < -0.39 is 0 Å². The molecule has 26 heavy (non-hydrogen) atoms. The summed E-state index contributed by atoms with van der Waals surface area (Å²) < 4.78 is 5.25. The van der Waals surface area contributed by atoms with Crippen molar-refractivity contribution < 1.29 is 14.1 Å². The average molecular weight is 360 g/mol. The minimum absolute atomic E-state index is 0.0789. The number of hydrogen-bond acceptors (Lipinski definition) is 5. The highest BCUT2D eigenvalue weighted by Gasteiger charge is 2.32. The molecular weight excluding hydrogens is 332 g/mol. The van der Waals surface area contributed by atoms with Gasteiger partial charge in [-0.2, -0.15) is 0 Å². The maximum Gasteiger partial charge on any atom is 0.273 e. The first-order valence-corrected chi connectivity index (χ1v) is 9.92. The Balaban J connectivity index is 1.20. The van der Waals surface area contributed by atoms with Crippen LogP contribution in [-0.2, 0) is 4.79 Å². The Morgan fingerprint density at radius 1 is 1.00 bits per heavy atom. The molecule has 3 fully saturated rings. The van der Waals surface area contributed by atoms with E-state index in [1.165, 1.54) is 0 Å². The lowest BCUT2D eigenvalue weighted by atomic mass is 9.90. The van der Waals surface area contributed by atoms with Crippen LogP contribution < -0.4 is 16.4 Å². The number of aromatic nitrogens is 1. The van der Waals surface area contributed by atoms with E-state index in [1.54, 1.807) is 6.07 Å². The standard InChI is InChI=1S/C19H28N4O3/c20-13-4-3-12(9-13)18(24)21-14-5-7-15(8-6-14)22-19(25)16-10-17(26-23-16)11-1-2-11/h10-15H,1-9,20H2,(H,21,24)(H,22,25)/t12-,13+,14-,15-/m0/s1. The van der Waals surface area contributed by atoms with Crippen molar-refractivity contribution in [3.63, 3.8) is 0 Å². The van der Waals surface area contributed by atoms with Crippen molar-refractivity contribution in [2.75, 3.05) is 0 Å². The maximum atomic E-state index is 12.3. The minimum Gasteiger partial charge on any atom is -0.360 e. The van der Waals surface area contributed by atoms with E-state index in [2.05, 4.69) is 15.8 Å². The monoisotopic (exact) mass is 360 g/mol. The number of nitrogens with zero attached hydrogens (tertiary/aromatic N) is 1. The van der Waals surface area contributed by atoms with Gasteiger partial charge in [0, 0.05) is 36.0 Å². The van der Waals surface area contributed by atoms with Gasteiger partial charge in [-0.15, -0.1) is 0 Å². The van der Waals surface area contributed by atoms with E-state index in [0.29, 0.717) is 11.6 Å². The van der Waals surface area contributed by atoms with Gasteiger partial charge in [0.1, 0.15) is 5.76 Å². The summed E-state index contributed by atoms with van der Waals surface area (Å²) in [6.07, 6.45) is 8.42. The van der Waals surface area contributed by atoms with Crippen molar-refractivity contribution >= 4 is 11.8 Å². The topological polar surface area (TPSA) is 110 Å². The first kappa shape index (κ1) is 17.5. The Morgan fingerprint density at radius 3 is 2.31 bits per heavy atom. The lowest BCUT2D eigenvalue weighted by molar-refractivity contribution is -0.125. The van der Waals surface area contributed by atoms with Crippen LogP contribution in [0.3, 0.4) is 0 Å². The Kier molecular flexibility index (Phi) is 4.98. The first-order valence-electron chi connectivity index (χ1n) is 9.92. The molecule has 2 amide bonds. The molecule has 3 aliphatic rings. The Hall–Kier alpha value is -1.89. The van der Waals surface area contributed by atoms with Gasteiger partial charge >= 0.3 is 0 Å². The van der Waals surface area contributed by atoms with Crippen LogP contribution in [0.4, 0.5) is 0 Å². The molecule has 1 heterocycles. The molecule has 7 heteroatoms. The lowest BCUT2D eigenvalue weighted by Crippen LogP contribution is -2.45. The van der Waals surface area contributed by atoms with Crippen molar-refractivity contribution in [2.24, 2.45) is 11.7 Å². The number of nitrogens with two attached hydrogens (primary N) is 1. The summed E-state index contributed by atoms with van der Waals surface area (Å²) in [5.74, 6) is 1.36. The zero-order chi connectivity index (χ0) is 18.1. The van der Waals surface area contributed by atoms with Gasteiger partial charge in [-0.25, -0.2) is 0 Å². The van der Waals surface area contributed by atoms with Gasteiger partial charge in [-0.3, -0.25) is 9.59 Å². The SMILES string of the molecule is N[C@@H]1CC[C@H](C(=O)N[C@H]2CC[C@H](NC(=O)c3cc(C4CC4)on3)CC2)C1. The van der Waals surface area contributed by atoms with Crippen LogP contribution in [0.15, 0.2) is 10.6 Å². The fourth-order valence-corrected chi connectivity index (χ4v) is 4.17. The van der Waals surface area contributed by atoms with Crippen LogP contribution in [0.1, 0.15) is 80.0 Å². The van der Waals surface area contributed by atoms with Crippen molar-refractivity contribution in [1.29, 1.82) is 0 Å². The molecule has 0 radical (unpaired) electrons. The molecule has 1 aromatic rings. The number of rotatable bonds is 5. The highest BCUT2D eigenvalue weighted by molar-refractivity contribution is 5.92. The normalized spacial score (nSPS) is 31.6. The quantitative estimate of drug-likeness (QED) is 0.742. The Morgan fingerprint density at radius 2 is 1.69 bits per heavy atom. The zero-order valence-corrected chi connectivity index (χ0v) is 15.1. The maximum absolute atomic E-state index is 12.3. The van der Waals surface area contributed by atoms with Crippen molar-refractivity contribution in [2.45, 2.75) is 81.8 Å². The van der Waals surface area contributed by atoms with Crippen LogP contribution >= 0.6 is 0 Å². The van der Waals surface area contributed by atoms with Gasteiger partial charge in [0.15, 0.2) is 5.69 Å². The zero-order valence-electron chi connectivity index (χ0n) is 15.1. The molecule has 0 aromatic carbocycles. The summed E-state index contributed by atoms with van der Waals surface area (Å²) in [6.45, 7) is 0. The first-order chi connectivity index (χ1) is 12.6. The predicted octanol–water partition coefficient (Wildman–Crippen LogP) is 1.84. The highest BCUT2D eigenvalue weighted by atomic mass is 16.5. The van der Waals surface area contributed by atoms with Gasteiger partial charge < -0.3 is 20.9 Å². The van der Waals surface area contributed by atoms with Gasteiger partial charge in [0.05, 0.1) is 0 Å². The molecule has 0 bridgehead atoms. The van der Waals surface area contributed by atoms with E-state index >= 15 is 0 Å². The Labute approximate surface area is 153 Å². The third-order valence-corrected chi connectivity index (χ3v) is 5.99. The second-order valence-electron chi connectivity index (χ2n) is 8.19. The second-order valence-corrected chi connectivity index (χ2v) is 8.19. The Bertz CT molecular complexity index is 661. The molecule has 0 aliphatic heterocycles. The molecule has 1 aromatic heterocycles. The van der Waals surface area contributed by atoms with Crippen LogP contribution in [0.5, 0.6) is 0 Å². The fourth-order valence-electron chi connectivity index (χ4n) is 4.17. The fraction of sp³-hybridized carbons (Fsp3) is 0.737. The molecule has 3 saturated carbocycles. The van der Waals surface area contributed by atoms with E-state index in [9.17, 15) is 9.59 Å². The van der Waals surface area contributed by atoms with Gasteiger partial charge in [0.2, 0.25) is 5.91 Å². The minimum atomic E-state index is -0.159. The van der Waals surface area contributed by atoms with Crippen LogP contribution in [0, 0.1) is 5.92 Å². The number of nitrogens with one attached hydrogen (secondary N) is 2. The third-order valence-electron chi connectivity index (χ3n) is 5.99. The molecule has 0 saturated heterocycles. The third kappa shape index (κ3) is 4.09. The van der Waals surface area contributed by atoms with Crippen LogP contribution in [-0.4, -0.2) is 35.1 Å². The van der Waals surface area contributed by atoms with E-state index in [-0.39, 0.29) is 35.9 Å². The molecule has 142 valence electrons.